The fourth-order valence-corrected chi connectivity index (χ4v) is 5.34. The molecule has 0 saturated heterocycles. The molecule has 0 atom stereocenters. The lowest BCUT2D eigenvalue weighted by Crippen LogP contribution is -2.09. The highest BCUT2D eigenvalue weighted by atomic mass is 16.5. The lowest BCUT2D eigenvalue weighted by Gasteiger charge is -2.05. The first kappa shape index (κ1) is 48.2. The molecule has 9 heteroatoms. The Hall–Kier alpha value is -5.79. The monoisotopic (exact) mass is 764 g/mol. The molecule has 4 rings (SSSR count). The van der Waals surface area contributed by atoms with Crippen LogP contribution in [0.5, 0.6) is 0 Å². The molecule has 298 valence electrons. The zero-order valence-electron chi connectivity index (χ0n) is 33.7. The summed E-state index contributed by atoms with van der Waals surface area (Å²) < 4.78 is 9.16. The van der Waals surface area contributed by atoms with Gasteiger partial charge < -0.3 is 9.47 Å². The molecule has 0 unspecified atom stereocenters. The highest BCUT2D eigenvalue weighted by Gasteiger charge is 2.15. The van der Waals surface area contributed by atoms with Gasteiger partial charge >= 0.3 is 18.1 Å². The zero-order valence-corrected chi connectivity index (χ0v) is 33.7. The van der Waals surface area contributed by atoms with Crippen LogP contribution in [0.15, 0.2) is 97.1 Å². The first-order valence-electron chi connectivity index (χ1n) is 19.0. The summed E-state index contributed by atoms with van der Waals surface area (Å²) in [6.07, 6.45) is 12.2. The van der Waals surface area contributed by atoms with Crippen molar-refractivity contribution in [2.75, 3.05) is 14.2 Å². The van der Waals surface area contributed by atoms with Gasteiger partial charge in [0.1, 0.15) is 0 Å². The number of rotatable bonds is 17. The predicted octanol–water partition coefficient (Wildman–Crippen LogP) is 10.3. The smallest absolute Gasteiger partial charge is 0.373 e. The van der Waals surface area contributed by atoms with E-state index in [0.29, 0.717) is 22.3 Å². The molecule has 0 radical (unpaired) electrons. The van der Waals surface area contributed by atoms with Crippen LogP contribution in [0, 0.1) is 6.92 Å². The standard InChI is InChI=1S/C23H26O4.C14H20O.C9H10O2.CO2/c1-3-4-5-6-7-17-8-10-18(11-9-17)21(24)16-22(25)19-12-14-20(15-13-19)23(26)27-2;1-3-4-5-6-7-13-8-10-14(11-9-13)12(2)15;1-7-3-5-8(6-4-7)9(10)11-2;2-1-3/h8-15H,3-7,16H2,1-2H3;8-11H,3-7H2,1-2H3;3-6H,1-2H3;. The van der Waals surface area contributed by atoms with Crippen LogP contribution in [0.3, 0.4) is 0 Å². The second-order valence-corrected chi connectivity index (χ2v) is 13.1. The molecule has 0 saturated carbocycles. The van der Waals surface area contributed by atoms with Crippen LogP contribution in [0.2, 0.25) is 0 Å². The Morgan fingerprint density at radius 1 is 0.482 bits per heavy atom. The normalized spacial score (nSPS) is 9.75. The highest BCUT2D eigenvalue weighted by molar-refractivity contribution is 6.13. The van der Waals surface area contributed by atoms with Crippen molar-refractivity contribution in [2.45, 2.75) is 98.3 Å². The minimum absolute atomic E-state index is 0.146. The van der Waals surface area contributed by atoms with Gasteiger partial charge in [0.25, 0.3) is 0 Å². The molecular formula is C47H56O9. The fourth-order valence-electron chi connectivity index (χ4n) is 5.34. The van der Waals surface area contributed by atoms with Crippen LogP contribution >= 0.6 is 0 Å². The highest BCUT2D eigenvalue weighted by Crippen LogP contribution is 2.14. The molecule has 0 aliphatic carbocycles. The number of carbonyl (C=O) groups is 5. The molecule has 0 bridgehead atoms. The summed E-state index contributed by atoms with van der Waals surface area (Å²) >= 11 is 0. The second kappa shape index (κ2) is 28.6. The van der Waals surface area contributed by atoms with Crippen molar-refractivity contribution in [1.82, 2.24) is 0 Å². The van der Waals surface area contributed by atoms with Crippen molar-refractivity contribution in [3.8, 4) is 0 Å². The maximum absolute atomic E-state index is 12.4. The number of Topliss-reactive ketones (excluding diaryl/α,β-unsaturated/α-hetero) is 3. The van der Waals surface area contributed by atoms with E-state index in [1.807, 2.05) is 43.3 Å². The number of unbranched alkanes of at least 4 members (excludes halogenated alkanes) is 6. The summed E-state index contributed by atoms with van der Waals surface area (Å²) in [5, 5.41) is 0. The molecule has 0 aliphatic heterocycles. The van der Waals surface area contributed by atoms with E-state index < -0.39 is 5.97 Å². The average molecular weight is 765 g/mol. The lowest BCUT2D eigenvalue weighted by atomic mass is 9.99. The summed E-state index contributed by atoms with van der Waals surface area (Å²) in [5.74, 6) is -1.06. The van der Waals surface area contributed by atoms with Gasteiger partial charge in [-0.25, -0.2) is 9.59 Å². The number of hydrogen-bond acceptors (Lipinski definition) is 9. The van der Waals surface area contributed by atoms with Crippen molar-refractivity contribution >= 4 is 35.4 Å². The van der Waals surface area contributed by atoms with Crippen LogP contribution in [0.1, 0.15) is 147 Å². The summed E-state index contributed by atoms with van der Waals surface area (Å²) in [4.78, 5) is 74.3. The van der Waals surface area contributed by atoms with E-state index in [9.17, 15) is 24.0 Å². The minimum atomic E-state index is -0.458. The van der Waals surface area contributed by atoms with Crippen LogP contribution in [0.4, 0.5) is 0 Å². The van der Waals surface area contributed by atoms with Gasteiger partial charge in [-0.15, -0.1) is 0 Å². The van der Waals surface area contributed by atoms with Gasteiger partial charge in [-0.05, 0) is 74.9 Å². The zero-order chi connectivity index (χ0) is 41.7. The van der Waals surface area contributed by atoms with Gasteiger partial charge in [-0.2, -0.15) is 9.59 Å². The van der Waals surface area contributed by atoms with Crippen molar-refractivity contribution in [3.05, 3.63) is 142 Å². The molecule has 4 aromatic rings. The third-order valence-electron chi connectivity index (χ3n) is 8.70. The summed E-state index contributed by atoms with van der Waals surface area (Å²) in [5.41, 5.74) is 6.43. The van der Waals surface area contributed by atoms with E-state index in [4.69, 9.17) is 9.59 Å². The van der Waals surface area contributed by atoms with E-state index in [2.05, 4.69) is 35.5 Å². The average Bonchev–Trinajstić information content (AvgIpc) is 3.22. The molecule has 0 aromatic heterocycles. The van der Waals surface area contributed by atoms with Gasteiger partial charge in [-0.1, -0.05) is 131 Å². The van der Waals surface area contributed by atoms with E-state index in [1.54, 1.807) is 43.3 Å². The van der Waals surface area contributed by atoms with Crippen molar-refractivity contribution in [3.63, 3.8) is 0 Å². The number of carbonyl (C=O) groups excluding carboxylic acids is 7. The molecule has 4 aromatic carbocycles. The number of benzene rings is 4. The van der Waals surface area contributed by atoms with Gasteiger partial charge in [0.05, 0.1) is 31.8 Å². The topological polar surface area (TPSA) is 138 Å². The van der Waals surface area contributed by atoms with Crippen molar-refractivity contribution in [1.29, 1.82) is 0 Å². The van der Waals surface area contributed by atoms with Gasteiger partial charge in [0.2, 0.25) is 0 Å². The molecule has 9 nitrogen and oxygen atoms in total. The summed E-state index contributed by atoms with van der Waals surface area (Å²) in [6, 6.07) is 28.9. The molecule has 0 N–H and O–H groups in total. The van der Waals surface area contributed by atoms with E-state index in [-0.39, 0.29) is 35.9 Å². The number of aryl methyl sites for hydroxylation is 3. The number of ketones is 3. The Labute approximate surface area is 331 Å². The molecular weight excluding hydrogens is 709 g/mol. The van der Waals surface area contributed by atoms with Crippen molar-refractivity contribution in [2.24, 2.45) is 0 Å². The first-order chi connectivity index (χ1) is 26.9. The van der Waals surface area contributed by atoms with Crippen LogP contribution in [0.25, 0.3) is 0 Å². The molecule has 0 heterocycles. The van der Waals surface area contributed by atoms with Gasteiger partial charge in [0, 0.05) is 16.7 Å². The molecule has 0 aliphatic rings. The van der Waals surface area contributed by atoms with Crippen LogP contribution < -0.4 is 0 Å². The van der Waals surface area contributed by atoms with E-state index >= 15 is 0 Å². The Bertz CT molecular complexity index is 1800. The predicted molar refractivity (Wildman–Crippen MR) is 217 cm³/mol. The van der Waals surface area contributed by atoms with E-state index in [1.165, 1.54) is 82.4 Å². The van der Waals surface area contributed by atoms with Gasteiger partial charge in [0.15, 0.2) is 17.3 Å². The first-order valence-corrected chi connectivity index (χ1v) is 19.0. The minimum Gasteiger partial charge on any atom is -0.465 e. The van der Waals surface area contributed by atoms with Gasteiger partial charge in [-0.3, -0.25) is 14.4 Å². The Kier molecular flexibility index (Phi) is 24.7. The van der Waals surface area contributed by atoms with Crippen molar-refractivity contribution < 1.29 is 43.0 Å². The Balaban J connectivity index is 0.000000452. The number of hydrogen-bond donors (Lipinski definition) is 0. The Morgan fingerprint density at radius 3 is 1.14 bits per heavy atom. The summed E-state index contributed by atoms with van der Waals surface area (Å²) in [6.45, 7) is 7.99. The molecule has 0 spiro atoms. The fraction of sp³-hybridized carbons (Fsp3) is 0.362. The Morgan fingerprint density at radius 2 is 0.804 bits per heavy atom. The molecule has 0 fully saturated rings. The maximum atomic E-state index is 12.4. The molecule has 56 heavy (non-hydrogen) atoms. The third-order valence-corrected chi connectivity index (χ3v) is 8.70. The SMILES string of the molecule is CCCCCCc1ccc(C(=O)CC(=O)c2ccc(C(=O)OC)cc2)cc1.CCCCCCc1ccc(C(C)=O)cc1.COC(=O)c1ccc(C)cc1.O=C=O. The van der Waals surface area contributed by atoms with Crippen LogP contribution in [-0.2, 0) is 31.9 Å². The van der Waals surface area contributed by atoms with Crippen LogP contribution in [-0.4, -0.2) is 49.7 Å². The quantitative estimate of drug-likeness (QED) is 0.0445. The molecule has 0 amide bonds. The lowest BCUT2D eigenvalue weighted by molar-refractivity contribution is -0.191. The van der Waals surface area contributed by atoms with E-state index in [0.717, 1.165) is 30.4 Å². The number of ether oxygens (including phenoxy) is 2. The largest absolute Gasteiger partial charge is 0.465 e. The third kappa shape index (κ3) is 19.5. The number of methoxy groups -OCH3 is 2. The second-order valence-electron chi connectivity index (χ2n) is 13.1. The summed E-state index contributed by atoms with van der Waals surface area (Å²) in [7, 11) is 2.68. The number of esters is 2. The maximum Gasteiger partial charge on any atom is 0.373 e.